The zero-order valence-electron chi connectivity index (χ0n) is 16.3. The summed E-state index contributed by atoms with van der Waals surface area (Å²) in [5.74, 6) is -0.00454. The predicted molar refractivity (Wildman–Crippen MR) is 109 cm³/mol. The van der Waals surface area contributed by atoms with Gasteiger partial charge >= 0.3 is 0 Å². The molecule has 1 aromatic heterocycles. The summed E-state index contributed by atoms with van der Waals surface area (Å²) in [6.07, 6.45) is 3.83. The van der Waals surface area contributed by atoms with Gasteiger partial charge in [0.25, 0.3) is 0 Å². The molecule has 0 aliphatic heterocycles. The normalized spacial score (nSPS) is 11.0. The van der Waals surface area contributed by atoms with Crippen molar-refractivity contribution < 1.29 is 9.53 Å². The van der Waals surface area contributed by atoms with Gasteiger partial charge in [0.1, 0.15) is 0 Å². The third-order valence-corrected chi connectivity index (χ3v) is 4.31. The molecule has 0 unspecified atom stereocenters. The van der Waals surface area contributed by atoms with E-state index in [1.54, 1.807) is 7.11 Å². The number of benzene rings is 2. The standard InChI is InChI=1S/C22H26N4O2/c1-25(14-20-13-24-26(15-20)21-9-4-3-5-10-21)16-22(27)23-12-18-7-6-8-19(11-18)17-28-2/h3-11,13,15H,12,14,16-17H2,1-2H3,(H,23,27). The van der Waals surface area contributed by atoms with Crippen LogP contribution in [0.2, 0.25) is 0 Å². The minimum absolute atomic E-state index is 0.00454. The number of amides is 1. The van der Waals surface area contributed by atoms with Crippen molar-refractivity contribution in [2.75, 3.05) is 20.7 Å². The first kappa shape index (κ1) is 19.8. The van der Waals surface area contributed by atoms with Crippen LogP contribution in [0.3, 0.4) is 0 Å². The minimum Gasteiger partial charge on any atom is -0.380 e. The van der Waals surface area contributed by atoms with Crippen molar-refractivity contribution in [3.8, 4) is 5.69 Å². The van der Waals surface area contributed by atoms with Crippen LogP contribution in [0.5, 0.6) is 0 Å². The van der Waals surface area contributed by atoms with Gasteiger partial charge in [-0.2, -0.15) is 5.10 Å². The van der Waals surface area contributed by atoms with Crippen molar-refractivity contribution in [1.82, 2.24) is 20.0 Å². The smallest absolute Gasteiger partial charge is 0.234 e. The molecular formula is C22H26N4O2. The molecule has 0 saturated heterocycles. The van der Waals surface area contributed by atoms with Crippen LogP contribution in [0, 0.1) is 0 Å². The molecule has 6 nitrogen and oxygen atoms in total. The molecule has 146 valence electrons. The summed E-state index contributed by atoms with van der Waals surface area (Å²) in [5, 5.41) is 7.37. The Kier molecular flexibility index (Phi) is 6.94. The summed E-state index contributed by atoms with van der Waals surface area (Å²) in [6, 6.07) is 18.0. The molecule has 3 rings (SSSR count). The molecule has 0 aliphatic rings. The number of carbonyl (C=O) groups is 1. The van der Waals surface area contributed by atoms with E-state index in [0.29, 0.717) is 26.2 Å². The summed E-state index contributed by atoms with van der Waals surface area (Å²) in [4.78, 5) is 14.2. The first-order valence-electron chi connectivity index (χ1n) is 9.25. The van der Waals surface area contributed by atoms with E-state index < -0.39 is 0 Å². The second-order valence-electron chi connectivity index (χ2n) is 6.83. The molecule has 2 aromatic carbocycles. The molecule has 0 atom stereocenters. The van der Waals surface area contributed by atoms with E-state index in [2.05, 4.69) is 10.4 Å². The number of likely N-dealkylation sites (N-methyl/N-ethyl adjacent to an activating group) is 1. The molecule has 0 bridgehead atoms. The number of hydrogen-bond donors (Lipinski definition) is 1. The van der Waals surface area contributed by atoms with Gasteiger partial charge in [-0.05, 0) is 30.3 Å². The lowest BCUT2D eigenvalue weighted by Gasteiger charge is -2.15. The van der Waals surface area contributed by atoms with Gasteiger partial charge in [-0.1, -0.05) is 42.5 Å². The SMILES string of the molecule is COCc1cccc(CNC(=O)CN(C)Cc2cnn(-c3ccccc3)c2)c1. The third kappa shape index (κ3) is 5.77. The zero-order chi connectivity index (χ0) is 19.8. The summed E-state index contributed by atoms with van der Waals surface area (Å²) in [5.41, 5.74) is 4.24. The van der Waals surface area contributed by atoms with Gasteiger partial charge in [-0.25, -0.2) is 4.68 Å². The number of aromatic nitrogens is 2. The monoisotopic (exact) mass is 378 g/mol. The van der Waals surface area contributed by atoms with Gasteiger partial charge in [0.05, 0.1) is 25.0 Å². The van der Waals surface area contributed by atoms with E-state index in [9.17, 15) is 4.79 Å². The van der Waals surface area contributed by atoms with E-state index in [1.165, 1.54) is 0 Å². The number of nitrogens with zero attached hydrogens (tertiary/aromatic N) is 3. The van der Waals surface area contributed by atoms with Gasteiger partial charge in [0, 0.05) is 32.0 Å². The van der Waals surface area contributed by atoms with Crippen LogP contribution < -0.4 is 5.32 Å². The Balaban J connectivity index is 1.47. The molecule has 6 heteroatoms. The maximum absolute atomic E-state index is 12.3. The van der Waals surface area contributed by atoms with Gasteiger partial charge < -0.3 is 10.1 Å². The molecule has 1 amide bonds. The van der Waals surface area contributed by atoms with E-state index in [1.807, 2.05) is 83.6 Å². The number of para-hydroxylation sites is 1. The van der Waals surface area contributed by atoms with Crippen molar-refractivity contribution in [1.29, 1.82) is 0 Å². The highest BCUT2D eigenvalue weighted by molar-refractivity contribution is 5.77. The second-order valence-corrected chi connectivity index (χ2v) is 6.83. The van der Waals surface area contributed by atoms with Crippen LogP contribution in [0.25, 0.3) is 5.69 Å². The average molecular weight is 378 g/mol. The minimum atomic E-state index is -0.00454. The van der Waals surface area contributed by atoms with Crippen molar-refractivity contribution in [2.45, 2.75) is 19.7 Å². The number of nitrogens with one attached hydrogen (secondary N) is 1. The highest BCUT2D eigenvalue weighted by Crippen LogP contribution is 2.09. The lowest BCUT2D eigenvalue weighted by atomic mass is 10.1. The molecule has 3 aromatic rings. The van der Waals surface area contributed by atoms with E-state index in [4.69, 9.17) is 4.74 Å². The first-order chi connectivity index (χ1) is 13.6. The van der Waals surface area contributed by atoms with Crippen LogP contribution in [0.4, 0.5) is 0 Å². The highest BCUT2D eigenvalue weighted by Gasteiger charge is 2.09. The average Bonchev–Trinajstić information content (AvgIpc) is 3.16. The molecule has 28 heavy (non-hydrogen) atoms. The third-order valence-electron chi connectivity index (χ3n) is 4.31. The maximum Gasteiger partial charge on any atom is 0.234 e. The molecule has 1 heterocycles. The quantitative estimate of drug-likeness (QED) is 0.622. The Morgan fingerprint density at radius 1 is 1.11 bits per heavy atom. The summed E-state index contributed by atoms with van der Waals surface area (Å²) >= 11 is 0. The van der Waals surface area contributed by atoms with Crippen LogP contribution >= 0.6 is 0 Å². The number of hydrogen-bond acceptors (Lipinski definition) is 4. The highest BCUT2D eigenvalue weighted by atomic mass is 16.5. The zero-order valence-corrected chi connectivity index (χ0v) is 16.3. The van der Waals surface area contributed by atoms with Crippen molar-refractivity contribution in [2.24, 2.45) is 0 Å². The van der Waals surface area contributed by atoms with Crippen LogP contribution in [0.1, 0.15) is 16.7 Å². The van der Waals surface area contributed by atoms with Crippen molar-refractivity contribution >= 4 is 5.91 Å². The number of methoxy groups -OCH3 is 1. The first-order valence-corrected chi connectivity index (χ1v) is 9.25. The van der Waals surface area contributed by atoms with Crippen LogP contribution in [0.15, 0.2) is 67.0 Å². The molecule has 0 saturated carbocycles. The topological polar surface area (TPSA) is 59.4 Å². The fourth-order valence-electron chi connectivity index (χ4n) is 3.03. The molecule has 0 aliphatic carbocycles. The van der Waals surface area contributed by atoms with E-state index in [0.717, 1.165) is 22.4 Å². The van der Waals surface area contributed by atoms with Crippen molar-refractivity contribution in [3.05, 3.63) is 83.7 Å². The van der Waals surface area contributed by atoms with Crippen LogP contribution in [-0.4, -0.2) is 41.3 Å². The number of ether oxygens (including phenoxy) is 1. The predicted octanol–water partition coefficient (Wildman–Crippen LogP) is 2.77. The Morgan fingerprint density at radius 2 is 1.89 bits per heavy atom. The van der Waals surface area contributed by atoms with Crippen LogP contribution in [-0.2, 0) is 29.2 Å². The molecular weight excluding hydrogens is 352 g/mol. The number of rotatable bonds is 9. The van der Waals surface area contributed by atoms with Gasteiger partial charge in [0.15, 0.2) is 0 Å². The van der Waals surface area contributed by atoms with E-state index >= 15 is 0 Å². The van der Waals surface area contributed by atoms with Crippen molar-refractivity contribution in [3.63, 3.8) is 0 Å². The maximum atomic E-state index is 12.3. The Hall–Kier alpha value is -2.96. The molecule has 0 fully saturated rings. The molecule has 0 spiro atoms. The van der Waals surface area contributed by atoms with Gasteiger partial charge in [0.2, 0.25) is 5.91 Å². The Morgan fingerprint density at radius 3 is 2.68 bits per heavy atom. The van der Waals surface area contributed by atoms with E-state index in [-0.39, 0.29) is 5.91 Å². The Labute approximate surface area is 165 Å². The largest absolute Gasteiger partial charge is 0.380 e. The van der Waals surface area contributed by atoms with Gasteiger partial charge in [-0.15, -0.1) is 0 Å². The molecule has 1 N–H and O–H groups in total. The summed E-state index contributed by atoms with van der Waals surface area (Å²) in [6.45, 7) is 2.06. The molecule has 0 radical (unpaired) electrons. The lowest BCUT2D eigenvalue weighted by molar-refractivity contribution is -0.122. The fourth-order valence-corrected chi connectivity index (χ4v) is 3.03. The summed E-state index contributed by atoms with van der Waals surface area (Å²) < 4.78 is 6.99. The number of carbonyl (C=O) groups excluding carboxylic acids is 1. The Bertz CT molecular complexity index is 892. The fraction of sp³-hybridized carbons (Fsp3) is 0.273. The lowest BCUT2D eigenvalue weighted by Crippen LogP contribution is -2.34. The second kappa shape index (κ2) is 9.82. The summed E-state index contributed by atoms with van der Waals surface area (Å²) in [7, 11) is 3.60. The van der Waals surface area contributed by atoms with Gasteiger partial charge in [-0.3, -0.25) is 9.69 Å².